The number of aromatic nitrogens is 2. The number of ether oxygens (including phenoxy) is 1. The first-order valence-corrected chi connectivity index (χ1v) is 11.9. The number of nitrogens with zero attached hydrogens (tertiary/aromatic N) is 2. The van der Waals surface area contributed by atoms with Crippen LogP contribution in [0.4, 0.5) is 5.69 Å². The van der Waals surface area contributed by atoms with Gasteiger partial charge < -0.3 is 19.9 Å². The molecule has 4 aromatic rings. The van der Waals surface area contributed by atoms with Crippen LogP contribution in [0.25, 0.3) is 22.5 Å². The third-order valence-corrected chi connectivity index (χ3v) is 6.11. The number of rotatable bonds is 7. The van der Waals surface area contributed by atoms with Gasteiger partial charge in [-0.15, -0.1) is 0 Å². The van der Waals surface area contributed by atoms with E-state index in [0.717, 1.165) is 41.8 Å². The van der Waals surface area contributed by atoms with Crippen LogP contribution in [0.5, 0.6) is 0 Å². The van der Waals surface area contributed by atoms with Gasteiger partial charge in [-0.25, -0.2) is 0 Å². The van der Waals surface area contributed by atoms with E-state index in [4.69, 9.17) is 9.26 Å². The second-order valence-electron chi connectivity index (χ2n) is 8.70. The lowest BCUT2D eigenvalue weighted by molar-refractivity contribution is 0.0827. The van der Waals surface area contributed by atoms with Crippen LogP contribution in [0.15, 0.2) is 77.4 Å². The molecule has 0 radical (unpaired) electrons. The first-order chi connectivity index (χ1) is 17.6. The number of amides is 2. The SMILES string of the molecule is Cc1ccc(NC(=O)c2cccc(-c3ccccn3)c2)cc1-c1cc(C(=O)NCC2CCCO2)on1. The molecule has 1 saturated heterocycles. The number of hydrogen-bond acceptors (Lipinski definition) is 6. The molecule has 2 aromatic carbocycles. The summed E-state index contributed by atoms with van der Waals surface area (Å²) in [5.74, 6) is -0.445. The summed E-state index contributed by atoms with van der Waals surface area (Å²) < 4.78 is 10.8. The molecule has 8 heteroatoms. The Labute approximate surface area is 208 Å². The molecule has 36 heavy (non-hydrogen) atoms. The van der Waals surface area contributed by atoms with E-state index in [9.17, 15) is 9.59 Å². The topological polar surface area (TPSA) is 106 Å². The molecule has 1 unspecified atom stereocenters. The first-order valence-electron chi connectivity index (χ1n) is 11.9. The molecule has 8 nitrogen and oxygen atoms in total. The van der Waals surface area contributed by atoms with Crippen molar-refractivity contribution < 1.29 is 18.8 Å². The number of anilines is 1. The fourth-order valence-corrected chi connectivity index (χ4v) is 4.14. The smallest absolute Gasteiger partial charge is 0.290 e. The summed E-state index contributed by atoms with van der Waals surface area (Å²) in [6.07, 6.45) is 3.71. The quantitative estimate of drug-likeness (QED) is 0.389. The molecule has 1 aliphatic rings. The molecule has 1 atom stereocenters. The van der Waals surface area contributed by atoms with Crippen LogP contribution in [0.2, 0.25) is 0 Å². The molecule has 2 amide bonds. The van der Waals surface area contributed by atoms with Crippen molar-refractivity contribution in [1.29, 1.82) is 0 Å². The third kappa shape index (κ3) is 5.34. The molecule has 2 N–H and O–H groups in total. The Morgan fingerprint density at radius 1 is 1.00 bits per heavy atom. The number of aryl methyl sites for hydroxylation is 1. The summed E-state index contributed by atoms with van der Waals surface area (Å²) in [7, 11) is 0. The molecule has 2 aromatic heterocycles. The van der Waals surface area contributed by atoms with Crippen molar-refractivity contribution >= 4 is 17.5 Å². The van der Waals surface area contributed by atoms with Crippen molar-refractivity contribution in [2.24, 2.45) is 0 Å². The Hall–Kier alpha value is -4.30. The second kappa shape index (κ2) is 10.5. The lowest BCUT2D eigenvalue weighted by atomic mass is 10.0. The fraction of sp³-hybridized carbons (Fsp3) is 0.214. The van der Waals surface area contributed by atoms with Gasteiger partial charge in [-0.2, -0.15) is 0 Å². The zero-order valence-electron chi connectivity index (χ0n) is 19.9. The summed E-state index contributed by atoms with van der Waals surface area (Å²) in [6.45, 7) is 3.11. The number of benzene rings is 2. The number of hydrogen-bond donors (Lipinski definition) is 2. The van der Waals surface area contributed by atoms with Gasteiger partial charge in [0.15, 0.2) is 0 Å². The number of nitrogens with one attached hydrogen (secondary N) is 2. The van der Waals surface area contributed by atoms with Crippen molar-refractivity contribution in [3.63, 3.8) is 0 Å². The molecular weight excluding hydrogens is 456 g/mol. The molecule has 3 heterocycles. The maximum atomic E-state index is 13.0. The van der Waals surface area contributed by atoms with Gasteiger partial charge in [0.1, 0.15) is 5.69 Å². The molecular formula is C28H26N4O4. The fourth-order valence-electron chi connectivity index (χ4n) is 4.14. The lowest BCUT2D eigenvalue weighted by Crippen LogP contribution is -2.31. The van der Waals surface area contributed by atoms with Gasteiger partial charge in [0.25, 0.3) is 11.8 Å². The van der Waals surface area contributed by atoms with Crippen molar-refractivity contribution in [3.05, 3.63) is 89.8 Å². The zero-order chi connectivity index (χ0) is 24.9. The molecule has 1 aliphatic heterocycles. The maximum absolute atomic E-state index is 13.0. The Bertz CT molecular complexity index is 1380. The summed E-state index contributed by atoms with van der Waals surface area (Å²) in [5.41, 5.74) is 5.00. The minimum absolute atomic E-state index is 0.0449. The Kier molecular flexibility index (Phi) is 6.86. The van der Waals surface area contributed by atoms with Gasteiger partial charge in [0.2, 0.25) is 5.76 Å². The van der Waals surface area contributed by atoms with E-state index in [1.165, 1.54) is 0 Å². The lowest BCUT2D eigenvalue weighted by Gasteiger charge is -2.10. The van der Waals surface area contributed by atoms with E-state index in [1.54, 1.807) is 18.3 Å². The minimum atomic E-state index is -0.334. The first kappa shape index (κ1) is 23.4. The van der Waals surface area contributed by atoms with Crippen molar-refractivity contribution in [3.8, 4) is 22.5 Å². The van der Waals surface area contributed by atoms with E-state index in [1.807, 2.05) is 61.5 Å². The average Bonchev–Trinajstić information content (AvgIpc) is 3.62. The molecule has 0 aliphatic carbocycles. The van der Waals surface area contributed by atoms with Crippen LogP contribution in [0, 0.1) is 6.92 Å². The summed E-state index contributed by atoms with van der Waals surface area (Å²) in [5, 5.41) is 9.86. The Morgan fingerprint density at radius 2 is 1.92 bits per heavy atom. The van der Waals surface area contributed by atoms with E-state index in [0.29, 0.717) is 23.5 Å². The summed E-state index contributed by atoms with van der Waals surface area (Å²) >= 11 is 0. The predicted molar refractivity (Wildman–Crippen MR) is 136 cm³/mol. The molecule has 1 fully saturated rings. The number of carbonyl (C=O) groups is 2. The highest BCUT2D eigenvalue weighted by atomic mass is 16.5. The van der Waals surface area contributed by atoms with Crippen LogP contribution in [0.3, 0.4) is 0 Å². The highest BCUT2D eigenvalue weighted by Gasteiger charge is 2.20. The van der Waals surface area contributed by atoms with E-state index in [2.05, 4.69) is 20.8 Å². The van der Waals surface area contributed by atoms with E-state index in [-0.39, 0.29) is 23.7 Å². The van der Waals surface area contributed by atoms with Gasteiger partial charge in [-0.3, -0.25) is 14.6 Å². The van der Waals surface area contributed by atoms with E-state index >= 15 is 0 Å². The van der Waals surface area contributed by atoms with Crippen molar-refractivity contribution in [1.82, 2.24) is 15.5 Å². The molecule has 5 rings (SSSR count). The highest BCUT2D eigenvalue weighted by molar-refractivity contribution is 6.05. The monoisotopic (exact) mass is 482 g/mol. The van der Waals surface area contributed by atoms with Gasteiger partial charge in [-0.1, -0.05) is 29.4 Å². The van der Waals surface area contributed by atoms with Crippen LogP contribution in [-0.2, 0) is 4.74 Å². The Morgan fingerprint density at radius 3 is 2.72 bits per heavy atom. The molecule has 0 spiro atoms. The molecule has 0 bridgehead atoms. The standard InChI is InChI=1S/C28H26N4O4/c1-18-10-11-21(31-27(33)20-7-4-6-19(14-20)24-9-2-3-12-29-24)15-23(18)25-16-26(36-32-25)28(34)30-17-22-8-5-13-35-22/h2-4,6-7,9-12,14-16,22H,5,8,13,17H2,1H3,(H,30,34)(H,31,33). The Balaban J connectivity index is 1.29. The van der Waals surface area contributed by atoms with Crippen LogP contribution >= 0.6 is 0 Å². The average molecular weight is 483 g/mol. The third-order valence-electron chi connectivity index (χ3n) is 6.11. The van der Waals surface area contributed by atoms with E-state index < -0.39 is 0 Å². The van der Waals surface area contributed by atoms with Crippen LogP contribution in [0.1, 0.15) is 39.3 Å². The zero-order valence-corrected chi connectivity index (χ0v) is 19.9. The molecule has 0 saturated carbocycles. The van der Waals surface area contributed by atoms with Gasteiger partial charge >= 0.3 is 0 Å². The van der Waals surface area contributed by atoms with Gasteiger partial charge in [-0.05, 0) is 61.7 Å². The molecule has 182 valence electrons. The highest BCUT2D eigenvalue weighted by Crippen LogP contribution is 2.27. The maximum Gasteiger partial charge on any atom is 0.290 e. The van der Waals surface area contributed by atoms with Gasteiger partial charge in [0, 0.05) is 47.8 Å². The normalized spacial score (nSPS) is 15.0. The largest absolute Gasteiger partial charge is 0.376 e. The summed E-state index contributed by atoms with van der Waals surface area (Å²) in [4.78, 5) is 29.8. The second-order valence-corrected chi connectivity index (χ2v) is 8.70. The predicted octanol–water partition coefficient (Wildman–Crippen LogP) is 4.87. The number of carbonyl (C=O) groups excluding carboxylic acids is 2. The van der Waals surface area contributed by atoms with Crippen LogP contribution in [-0.4, -0.2) is 41.2 Å². The summed E-state index contributed by atoms with van der Waals surface area (Å²) in [6, 6.07) is 20.1. The minimum Gasteiger partial charge on any atom is -0.376 e. The van der Waals surface area contributed by atoms with Gasteiger partial charge in [0.05, 0.1) is 11.8 Å². The van der Waals surface area contributed by atoms with Crippen molar-refractivity contribution in [2.75, 3.05) is 18.5 Å². The number of pyridine rings is 1. The van der Waals surface area contributed by atoms with Crippen molar-refractivity contribution in [2.45, 2.75) is 25.9 Å². The van der Waals surface area contributed by atoms with Crippen LogP contribution < -0.4 is 10.6 Å².